The molecule has 27 heavy (non-hydrogen) atoms. The van der Waals surface area contributed by atoms with Crippen LogP contribution in [-0.4, -0.2) is 45.5 Å². The van der Waals surface area contributed by atoms with Gasteiger partial charge >= 0.3 is 0 Å². The first kappa shape index (κ1) is 18.7. The van der Waals surface area contributed by atoms with Crippen molar-refractivity contribution in [3.05, 3.63) is 52.5 Å². The number of benzene rings is 1. The quantitative estimate of drug-likeness (QED) is 0.628. The standard InChI is InChI=1S/C18H20FN5O3/c1-12-22-17-15(11-21-24(17)14-5-3-13(19)4-6-14)18(26)23(12)9-7-16(25)20-8-10-27-2/h3-6,11H,7-10H2,1-2H3,(H,20,25). The molecule has 1 amide bonds. The van der Waals surface area contributed by atoms with Gasteiger partial charge in [0.05, 0.1) is 18.5 Å². The van der Waals surface area contributed by atoms with Crippen molar-refractivity contribution in [3.8, 4) is 5.69 Å². The number of halogens is 1. The van der Waals surface area contributed by atoms with Crippen LogP contribution in [0.3, 0.4) is 0 Å². The van der Waals surface area contributed by atoms with Crippen molar-refractivity contribution in [2.45, 2.75) is 19.9 Å². The molecule has 3 aromatic rings. The molecule has 2 heterocycles. The van der Waals surface area contributed by atoms with Gasteiger partial charge in [-0.15, -0.1) is 0 Å². The molecule has 0 saturated carbocycles. The Labute approximate surface area is 154 Å². The van der Waals surface area contributed by atoms with Crippen molar-refractivity contribution in [1.82, 2.24) is 24.6 Å². The van der Waals surface area contributed by atoms with Crippen LogP contribution in [0, 0.1) is 12.7 Å². The van der Waals surface area contributed by atoms with Gasteiger partial charge < -0.3 is 10.1 Å². The number of ether oxygens (including phenoxy) is 1. The van der Waals surface area contributed by atoms with E-state index >= 15 is 0 Å². The van der Waals surface area contributed by atoms with Gasteiger partial charge in [-0.05, 0) is 31.2 Å². The number of aryl methyl sites for hydroxylation is 1. The number of nitrogens with one attached hydrogen (secondary N) is 1. The molecule has 0 saturated heterocycles. The van der Waals surface area contributed by atoms with Gasteiger partial charge in [0.25, 0.3) is 5.56 Å². The zero-order chi connectivity index (χ0) is 19.4. The average Bonchev–Trinajstić information content (AvgIpc) is 3.06. The second-order valence-corrected chi connectivity index (χ2v) is 5.98. The van der Waals surface area contributed by atoms with Gasteiger partial charge in [0.15, 0.2) is 5.65 Å². The van der Waals surface area contributed by atoms with Crippen molar-refractivity contribution in [2.75, 3.05) is 20.3 Å². The number of aromatic nitrogens is 4. The number of methoxy groups -OCH3 is 1. The molecule has 142 valence electrons. The van der Waals surface area contributed by atoms with E-state index in [1.807, 2.05) is 0 Å². The Balaban J connectivity index is 1.86. The summed E-state index contributed by atoms with van der Waals surface area (Å²) in [5, 5.41) is 7.26. The highest BCUT2D eigenvalue weighted by atomic mass is 19.1. The molecule has 0 radical (unpaired) electrons. The van der Waals surface area contributed by atoms with E-state index in [0.29, 0.717) is 35.7 Å². The molecule has 2 aromatic heterocycles. The fourth-order valence-corrected chi connectivity index (χ4v) is 2.74. The molecule has 0 fully saturated rings. The Morgan fingerprint density at radius 1 is 1.30 bits per heavy atom. The molecule has 3 rings (SSSR count). The summed E-state index contributed by atoms with van der Waals surface area (Å²) in [7, 11) is 1.56. The van der Waals surface area contributed by atoms with E-state index in [1.165, 1.54) is 27.6 Å². The van der Waals surface area contributed by atoms with Crippen LogP contribution in [0.1, 0.15) is 12.2 Å². The van der Waals surface area contributed by atoms with E-state index in [4.69, 9.17) is 4.74 Å². The highest BCUT2D eigenvalue weighted by molar-refractivity contribution is 5.76. The van der Waals surface area contributed by atoms with Gasteiger partial charge in [-0.25, -0.2) is 14.1 Å². The van der Waals surface area contributed by atoms with E-state index < -0.39 is 0 Å². The summed E-state index contributed by atoms with van der Waals surface area (Å²) in [6.07, 6.45) is 1.59. The summed E-state index contributed by atoms with van der Waals surface area (Å²) < 4.78 is 21.0. The maximum atomic E-state index is 13.1. The smallest absolute Gasteiger partial charge is 0.264 e. The van der Waals surface area contributed by atoms with Gasteiger partial charge in [-0.1, -0.05) is 0 Å². The third-order valence-corrected chi connectivity index (χ3v) is 4.14. The van der Waals surface area contributed by atoms with Gasteiger partial charge in [-0.3, -0.25) is 14.2 Å². The Morgan fingerprint density at radius 3 is 2.74 bits per heavy atom. The summed E-state index contributed by atoms with van der Waals surface area (Å²) >= 11 is 0. The number of fused-ring (bicyclic) bond motifs is 1. The normalized spacial score (nSPS) is 11.1. The van der Waals surface area contributed by atoms with Crippen molar-refractivity contribution >= 4 is 16.9 Å². The second kappa shape index (κ2) is 8.09. The predicted octanol–water partition coefficient (Wildman–Crippen LogP) is 1.18. The molecule has 0 aliphatic heterocycles. The summed E-state index contributed by atoms with van der Waals surface area (Å²) in [6.45, 7) is 2.77. The molecule has 1 aromatic carbocycles. The second-order valence-electron chi connectivity index (χ2n) is 5.98. The third-order valence-electron chi connectivity index (χ3n) is 4.14. The van der Waals surface area contributed by atoms with E-state index in [9.17, 15) is 14.0 Å². The zero-order valence-corrected chi connectivity index (χ0v) is 15.1. The molecule has 0 bridgehead atoms. The lowest BCUT2D eigenvalue weighted by atomic mass is 10.3. The lowest BCUT2D eigenvalue weighted by Gasteiger charge is -2.10. The number of rotatable bonds is 7. The zero-order valence-electron chi connectivity index (χ0n) is 15.1. The largest absolute Gasteiger partial charge is 0.383 e. The number of carbonyl (C=O) groups is 1. The molecule has 0 aliphatic carbocycles. The predicted molar refractivity (Wildman–Crippen MR) is 97.3 cm³/mol. The van der Waals surface area contributed by atoms with Crippen LogP contribution < -0.4 is 10.9 Å². The maximum absolute atomic E-state index is 13.1. The minimum atomic E-state index is -0.356. The Hall–Kier alpha value is -3.07. The van der Waals surface area contributed by atoms with Crippen LogP contribution in [0.2, 0.25) is 0 Å². The maximum Gasteiger partial charge on any atom is 0.264 e. The van der Waals surface area contributed by atoms with Crippen LogP contribution >= 0.6 is 0 Å². The van der Waals surface area contributed by atoms with Crippen LogP contribution in [0.5, 0.6) is 0 Å². The average molecular weight is 373 g/mol. The molecule has 8 nitrogen and oxygen atoms in total. The van der Waals surface area contributed by atoms with E-state index in [-0.39, 0.29) is 30.2 Å². The number of carbonyl (C=O) groups excluding carboxylic acids is 1. The lowest BCUT2D eigenvalue weighted by Crippen LogP contribution is -2.30. The summed E-state index contributed by atoms with van der Waals surface area (Å²) in [5.74, 6) is -0.0491. The van der Waals surface area contributed by atoms with Crippen molar-refractivity contribution in [2.24, 2.45) is 0 Å². The van der Waals surface area contributed by atoms with Crippen LogP contribution in [-0.2, 0) is 16.1 Å². The third kappa shape index (κ3) is 4.03. The number of nitrogens with zero attached hydrogens (tertiary/aromatic N) is 4. The number of hydrogen-bond donors (Lipinski definition) is 1. The number of amides is 1. The van der Waals surface area contributed by atoms with Gasteiger partial charge in [0.2, 0.25) is 5.91 Å². The highest BCUT2D eigenvalue weighted by Gasteiger charge is 2.15. The fourth-order valence-electron chi connectivity index (χ4n) is 2.74. The molecule has 0 spiro atoms. The van der Waals surface area contributed by atoms with Crippen LogP contribution in [0.4, 0.5) is 4.39 Å². The Morgan fingerprint density at radius 2 is 2.04 bits per heavy atom. The van der Waals surface area contributed by atoms with E-state index in [0.717, 1.165) is 0 Å². The SMILES string of the molecule is COCCNC(=O)CCn1c(C)nc2c(cnn2-c2ccc(F)cc2)c1=O. The van der Waals surface area contributed by atoms with Crippen LogP contribution in [0.25, 0.3) is 16.7 Å². The van der Waals surface area contributed by atoms with Crippen molar-refractivity contribution < 1.29 is 13.9 Å². The highest BCUT2D eigenvalue weighted by Crippen LogP contribution is 2.15. The molecular formula is C18H20FN5O3. The molecule has 1 N–H and O–H groups in total. The van der Waals surface area contributed by atoms with Gasteiger partial charge in [0, 0.05) is 26.6 Å². The van der Waals surface area contributed by atoms with Crippen molar-refractivity contribution in [1.29, 1.82) is 0 Å². The molecule has 0 aliphatic rings. The summed E-state index contributed by atoms with van der Waals surface area (Å²) in [6, 6.07) is 5.77. The Bertz CT molecular complexity index is 1010. The first-order valence-electron chi connectivity index (χ1n) is 8.48. The molecule has 0 unspecified atom stereocenters. The van der Waals surface area contributed by atoms with Gasteiger partial charge in [0.1, 0.15) is 17.0 Å². The molecule has 0 atom stereocenters. The minimum absolute atomic E-state index is 0.156. The molecule has 9 heteroatoms. The minimum Gasteiger partial charge on any atom is -0.383 e. The van der Waals surface area contributed by atoms with Gasteiger partial charge in [-0.2, -0.15) is 5.10 Å². The van der Waals surface area contributed by atoms with E-state index in [1.54, 1.807) is 26.2 Å². The van der Waals surface area contributed by atoms with Crippen LogP contribution in [0.15, 0.2) is 35.3 Å². The number of hydrogen-bond acceptors (Lipinski definition) is 5. The molecular weight excluding hydrogens is 353 g/mol. The lowest BCUT2D eigenvalue weighted by molar-refractivity contribution is -0.121. The summed E-state index contributed by atoms with van der Waals surface area (Å²) in [4.78, 5) is 29.1. The Kier molecular flexibility index (Phi) is 5.60. The van der Waals surface area contributed by atoms with E-state index in [2.05, 4.69) is 15.4 Å². The van der Waals surface area contributed by atoms with Crippen molar-refractivity contribution in [3.63, 3.8) is 0 Å². The monoisotopic (exact) mass is 373 g/mol. The fraction of sp³-hybridized carbons (Fsp3) is 0.333. The first-order chi connectivity index (χ1) is 13.0. The first-order valence-corrected chi connectivity index (χ1v) is 8.48. The topological polar surface area (TPSA) is 91.0 Å². The summed E-state index contributed by atoms with van der Waals surface area (Å²) in [5.41, 5.74) is 0.730.